The van der Waals surface area contributed by atoms with Crippen molar-refractivity contribution in [1.82, 2.24) is 0 Å². The van der Waals surface area contributed by atoms with E-state index in [1.807, 2.05) is 0 Å². The summed E-state index contributed by atoms with van der Waals surface area (Å²) in [4.78, 5) is 0. The lowest BCUT2D eigenvalue weighted by atomic mass is 10.2. The van der Waals surface area contributed by atoms with Crippen molar-refractivity contribution in [2.24, 2.45) is 0 Å². The van der Waals surface area contributed by atoms with Crippen molar-refractivity contribution in [3.8, 4) is 5.75 Å². The number of rotatable bonds is 5. The summed E-state index contributed by atoms with van der Waals surface area (Å²) in [7, 11) is 3.07. The minimum absolute atomic E-state index is 0.0119. The number of anilines is 1. The molecule has 0 heterocycles. The quantitative estimate of drug-likeness (QED) is 0.765. The molecule has 0 aliphatic carbocycles. The molecule has 0 bridgehead atoms. The van der Waals surface area contributed by atoms with Gasteiger partial charge < -0.3 is 14.8 Å². The molecule has 0 unspecified atom stereocenters. The molecular weight excluding hydrogens is 204 g/mol. The average Bonchev–Trinajstić information content (AvgIpc) is 2.21. The Bertz CT molecular complexity index is 331. The van der Waals surface area contributed by atoms with Gasteiger partial charge in [-0.15, -0.1) is 0 Å². The maximum atomic E-state index is 13.2. The first-order valence-electron chi connectivity index (χ1n) is 4.47. The molecule has 0 fully saturated rings. The smallest absolute Gasteiger partial charge is 0.168 e. The molecule has 1 aromatic rings. The molecule has 0 aliphatic heterocycles. The number of halogens is 2. The van der Waals surface area contributed by atoms with Crippen LogP contribution in [0.15, 0.2) is 12.1 Å². The van der Waals surface area contributed by atoms with E-state index in [2.05, 4.69) is 5.32 Å². The van der Waals surface area contributed by atoms with Crippen molar-refractivity contribution >= 4 is 5.69 Å². The van der Waals surface area contributed by atoms with E-state index in [-0.39, 0.29) is 18.0 Å². The highest BCUT2D eigenvalue weighted by Crippen LogP contribution is 2.24. The molecule has 0 saturated heterocycles. The highest BCUT2D eigenvalue weighted by molar-refractivity contribution is 5.49. The highest BCUT2D eigenvalue weighted by Gasteiger charge is 2.09. The van der Waals surface area contributed by atoms with Crippen LogP contribution in [-0.2, 0) is 4.74 Å². The summed E-state index contributed by atoms with van der Waals surface area (Å²) < 4.78 is 36.0. The summed E-state index contributed by atoms with van der Waals surface area (Å²) in [6.07, 6.45) is 0. The molecule has 1 N–H and O–H groups in total. The van der Waals surface area contributed by atoms with E-state index in [1.54, 1.807) is 7.05 Å². The van der Waals surface area contributed by atoms with Gasteiger partial charge in [0.25, 0.3) is 0 Å². The van der Waals surface area contributed by atoms with Crippen LogP contribution in [0.2, 0.25) is 0 Å². The normalized spacial score (nSPS) is 10.1. The minimum Gasteiger partial charge on any atom is -0.488 e. The van der Waals surface area contributed by atoms with Crippen LogP contribution in [0.4, 0.5) is 14.5 Å². The lowest BCUT2D eigenvalue weighted by Crippen LogP contribution is -2.06. The molecule has 0 aromatic heterocycles. The Hall–Kier alpha value is -1.36. The SMILES string of the molecule is CNc1cc(OCCOC)c(F)cc1F. The summed E-state index contributed by atoms with van der Waals surface area (Å²) in [6.45, 7) is 0.577. The lowest BCUT2D eigenvalue weighted by molar-refractivity contribution is 0.144. The Morgan fingerprint density at radius 2 is 1.93 bits per heavy atom. The molecule has 0 spiro atoms. The molecule has 1 aromatic carbocycles. The van der Waals surface area contributed by atoms with E-state index >= 15 is 0 Å². The van der Waals surface area contributed by atoms with Crippen molar-refractivity contribution in [2.75, 3.05) is 32.7 Å². The third kappa shape index (κ3) is 3.06. The van der Waals surface area contributed by atoms with Crippen molar-refractivity contribution in [1.29, 1.82) is 0 Å². The van der Waals surface area contributed by atoms with Crippen LogP contribution >= 0.6 is 0 Å². The highest BCUT2D eigenvalue weighted by atomic mass is 19.1. The third-order valence-electron chi connectivity index (χ3n) is 1.84. The maximum Gasteiger partial charge on any atom is 0.168 e. The zero-order chi connectivity index (χ0) is 11.3. The largest absolute Gasteiger partial charge is 0.488 e. The number of hydrogen-bond acceptors (Lipinski definition) is 3. The van der Waals surface area contributed by atoms with Gasteiger partial charge in [0.15, 0.2) is 11.6 Å². The van der Waals surface area contributed by atoms with Crippen molar-refractivity contribution in [3.05, 3.63) is 23.8 Å². The monoisotopic (exact) mass is 217 g/mol. The number of hydrogen-bond donors (Lipinski definition) is 1. The third-order valence-corrected chi connectivity index (χ3v) is 1.84. The fraction of sp³-hybridized carbons (Fsp3) is 0.400. The first kappa shape index (κ1) is 11.7. The van der Waals surface area contributed by atoms with Gasteiger partial charge in [0.2, 0.25) is 0 Å². The van der Waals surface area contributed by atoms with Crippen LogP contribution < -0.4 is 10.1 Å². The van der Waals surface area contributed by atoms with E-state index in [0.717, 1.165) is 6.07 Å². The van der Waals surface area contributed by atoms with Crippen molar-refractivity contribution < 1.29 is 18.3 Å². The Balaban J connectivity index is 2.78. The second-order valence-electron chi connectivity index (χ2n) is 2.85. The van der Waals surface area contributed by atoms with Crippen LogP contribution in [0.25, 0.3) is 0 Å². The molecular formula is C10H13F2NO2. The summed E-state index contributed by atoms with van der Waals surface area (Å²) in [6, 6.07) is 2.06. The zero-order valence-electron chi connectivity index (χ0n) is 8.64. The van der Waals surface area contributed by atoms with Gasteiger partial charge in [0.1, 0.15) is 12.4 Å². The minimum atomic E-state index is -0.720. The van der Waals surface area contributed by atoms with Crippen LogP contribution in [0.1, 0.15) is 0 Å². The van der Waals surface area contributed by atoms with Gasteiger partial charge in [0, 0.05) is 26.3 Å². The molecule has 5 heteroatoms. The van der Waals surface area contributed by atoms with Gasteiger partial charge in [-0.2, -0.15) is 0 Å². The molecule has 0 amide bonds. The summed E-state index contributed by atoms with van der Waals surface area (Å²) in [5.41, 5.74) is 0.198. The number of ether oxygens (including phenoxy) is 2. The van der Waals surface area contributed by atoms with Crippen molar-refractivity contribution in [3.63, 3.8) is 0 Å². The van der Waals surface area contributed by atoms with Crippen molar-refractivity contribution in [2.45, 2.75) is 0 Å². The van der Waals surface area contributed by atoms with Gasteiger partial charge >= 0.3 is 0 Å². The second kappa shape index (κ2) is 5.50. The van der Waals surface area contributed by atoms with Crippen LogP contribution in [-0.4, -0.2) is 27.4 Å². The lowest BCUT2D eigenvalue weighted by Gasteiger charge is -2.09. The Kier molecular flexibility index (Phi) is 4.30. The van der Waals surface area contributed by atoms with E-state index in [9.17, 15) is 8.78 Å². The fourth-order valence-electron chi connectivity index (χ4n) is 1.07. The summed E-state index contributed by atoms with van der Waals surface area (Å²) in [5, 5.41) is 2.60. The molecule has 0 radical (unpaired) electrons. The first-order chi connectivity index (χ1) is 7.19. The molecule has 0 saturated carbocycles. The standard InChI is InChI=1S/C10H13F2NO2/c1-13-9-6-10(15-4-3-14-2)8(12)5-7(9)11/h5-6,13H,3-4H2,1-2H3. The van der Waals surface area contributed by atoms with Crippen LogP contribution in [0.5, 0.6) is 5.75 Å². The van der Waals surface area contributed by atoms with E-state index in [4.69, 9.17) is 9.47 Å². The molecule has 15 heavy (non-hydrogen) atoms. The number of methoxy groups -OCH3 is 1. The molecule has 1 rings (SSSR count). The number of nitrogens with one attached hydrogen (secondary N) is 1. The Morgan fingerprint density at radius 3 is 2.53 bits per heavy atom. The summed E-state index contributed by atoms with van der Waals surface area (Å²) >= 11 is 0. The zero-order valence-corrected chi connectivity index (χ0v) is 8.64. The van der Waals surface area contributed by atoms with Gasteiger partial charge in [-0.05, 0) is 0 Å². The van der Waals surface area contributed by atoms with E-state index < -0.39 is 11.6 Å². The molecule has 84 valence electrons. The van der Waals surface area contributed by atoms with Gasteiger partial charge in [-0.3, -0.25) is 0 Å². The molecule has 3 nitrogen and oxygen atoms in total. The van der Waals surface area contributed by atoms with Crippen LogP contribution in [0.3, 0.4) is 0 Å². The predicted octanol–water partition coefficient (Wildman–Crippen LogP) is 2.03. The van der Waals surface area contributed by atoms with Crippen LogP contribution in [0, 0.1) is 11.6 Å². The van der Waals surface area contributed by atoms with E-state index in [0.29, 0.717) is 6.61 Å². The van der Waals surface area contributed by atoms with Gasteiger partial charge in [-0.25, -0.2) is 8.78 Å². The topological polar surface area (TPSA) is 30.5 Å². The number of benzene rings is 1. The second-order valence-corrected chi connectivity index (χ2v) is 2.85. The average molecular weight is 217 g/mol. The van der Waals surface area contributed by atoms with Gasteiger partial charge in [0.05, 0.1) is 12.3 Å². The Morgan fingerprint density at radius 1 is 1.20 bits per heavy atom. The van der Waals surface area contributed by atoms with E-state index in [1.165, 1.54) is 13.2 Å². The molecule has 0 atom stereocenters. The van der Waals surface area contributed by atoms with Gasteiger partial charge in [-0.1, -0.05) is 0 Å². The predicted molar refractivity (Wildman–Crippen MR) is 53.3 cm³/mol. The Labute approximate surface area is 87.0 Å². The maximum absolute atomic E-state index is 13.2. The summed E-state index contributed by atoms with van der Waals surface area (Å²) in [5.74, 6) is -1.35. The molecule has 0 aliphatic rings. The first-order valence-corrected chi connectivity index (χ1v) is 4.47. The fourth-order valence-corrected chi connectivity index (χ4v) is 1.07.